The minimum atomic E-state index is -0.334. The van der Waals surface area contributed by atoms with Gasteiger partial charge in [-0.2, -0.15) is 0 Å². The number of pyridine rings is 2. The number of ether oxygens (including phenoxy) is 1. The molecule has 0 aliphatic carbocycles. The number of nitrogens with zero attached hydrogens (tertiary/aromatic N) is 4. The molecule has 0 radical (unpaired) electrons. The first kappa shape index (κ1) is 23.3. The van der Waals surface area contributed by atoms with E-state index in [0.29, 0.717) is 23.7 Å². The molecule has 0 saturated carbocycles. The number of aromatic nitrogens is 3. The molecule has 9 heteroatoms. The van der Waals surface area contributed by atoms with Crippen molar-refractivity contribution < 1.29 is 13.9 Å². The molecule has 0 unspecified atom stereocenters. The van der Waals surface area contributed by atoms with Crippen LogP contribution in [-0.2, 0) is 17.8 Å². The second-order valence-electron chi connectivity index (χ2n) is 10.3. The number of hydrogen-bond donors (Lipinski definition) is 2. The average molecular weight is 513 g/mol. The third-order valence-electron chi connectivity index (χ3n) is 7.93. The number of rotatable bonds is 6. The average Bonchev–Trinajstić information content (AvgIpc) is 3.73. The van der Waals surface area contributed by atoms with Crippen LogP contribution in [0.25, 0.3) is 16.9 Å². The quantitative estimate of drug-likeness (QED) is 0.392. The van der Waals surface area contributed by atoms with Crippen LogP contribution < -0.4 is 10.6 Å². The summed E-state index contributed by atoms with van der Waals surface area (Å²) in [6, 6.07) is 10.9. The number of carbonyl (C=O) groups is 1. The molecule has 0 spiro atoms. The van der Waals surface area contributed by atoms with Crippen LogP contribution in [-0.4, -0.2) is 51.5 Å². The molecular weight excluding hydrogens is 483 g/mol. The highest BCUT2D eigenvalue weighted by molar-refractivity contribution is 6.06. The van der Waals surface area contributed by atoms with Crippen molar-refractivity contribution in [2.45, 2.75) is 38.3 Å². The molecule has 2 N–H and O–H groups in total. The second kappa shape index (κ2) is 9.49. The number of fused-ring (bicyclic) bond motifs is 2. The first-order valence-corrected chi connectivity index (χ1v) is 13.3. The highest BCUT2D eigenvalue weighted by Crippen LogP contribution is 2.36. The van der Waals surface area contributed by atoms with Gasteiger partial charge in [0.2, 0.25) is 0 Å². The Morgan fingerprint density at radius 1 is 1.16 bits per heavy atom. The maximum Gasteiger partial charge on any atom is 0.254 e. The van der Waals surface area contributed by atoms with E-state index < -0.39 is 0 Å². The van der Waals surface area contributed by atoms with Crippen LogP contribution >= 0.6 is 0 Å². The van der Waals surface area contributed by atoms with E-state index in [9.17, 15) is 9.18 Å². The van der Waals surface area contributed by atoms with E-state index >= 15 is 0 Å². The number of amides is 1. The van der Waals surface area contributed by atoms with Gasteiger partial charge in [0.05, 0.1) is 35.4 Å². The topological polar surface area (TPSA) is 83.8 Å². The van der Waals surface area contributed by atoms with Crippen LogP contribution in [0.1, 0.15) is 52.4 Å². The SMILES string of the molecule is O=C1NCc2c(-c3cnc4cc(F)ccn34)ccc(Nc3ccc([C@@H]4CCOC4)c(CN4CCCC4)n3)c21. The smallest absolute Gasteiger partial charge is 0.254 e. The predicted octanol–water partition coefficient (Wildman–Crippen LogP) is 4.62. The Balaban J connectivity index is 1.24. The lowest BCUT2D eigenvalue weighted by atomic mass is 9.96. The Hall–Kier alpha value is -3.82. The highest BCUT2D eigenvalue weighted by Gasteiger charge is 2.28. The van der Waals surface area contributed by atoms with Gasteiger partial charge in [-0.1, -0.05) is 12.1 Å². The number of anilines is 2. The van der Waals surface area contributed by atoms with Crippen LogP contribution in [0, 0.1) is 5.82 Å². The predicted molar refractivity (Wildman–Crippen MR) is 142 cm³/mol. The van der Waals surface area contributed by atoms with E-state index in [0.717, 1.165) is 73.3 Å². The maximum atomic E-state index is 13.7. The lowest BCUT2D eigenvalue weighted by Crippen LogP contribution is -2.21. The second-order valence-corrected chi connectivity index (χ2v) is 10.3. The number of benzene rings is 1. The lowest BCUT2D eigenvalue weighted by Gasteiger charge is -2.20. The van der Waals surface area contributed by atoms with Gasteiger partial charge in [0.1, 0.15) is 17.3 Å². The fraction of sp³-hybridized carbons (Fsp3) is 0.345. The van der Waals surface area contributed by atoms with E-state index in [1.807, 2.05) is 22.6 Å². The van der Waals surface area contributed by atoms with Gasteiger partial charge in [0.15, 0.2) is 0 Å². The molecule has 3 aliphatic heterocycles. The van der Waals surface area contributed by atoms with E-state index in [2.05, 4.69) is 26.6 Å². The van der Waals surface area contributed by atoms with Crippen molar-refractivity contribution in [2.75, 3.05) is 31.6 Å². The van der Waals surface area contributed by atoms with Crippen LogP contribution in [0.4, 0.5) is 15.9 Å². The number of carbonyl (C=O) groups excluding carboxylic acids is 1. The van der Waals surface area contributed by atoms with Gasteiger partial charge in [0.25, 0.3) is 5.91 Å². The van der Waals surface area contributed by atoms with Crippen LogP contribution in [0.5, 0.6) is 0 Å². The van der Waals surface area contributed by atoms with Crippen molar-refractivity contribution in [3.63, 3.8) is 0 Å². The highest BCUT2D eigenvalue weighted by atomic mass is 19.1. The molecule has 194 valence electrons. The summed E-state index contributed by atoms with van der Waals surface area (Å²) in [5.74, 6) is 0.643. The van der Waals surface area contributed by atoms with Gasteiger partial charge in [-0.05, 0) is 61.7 Å². The zero-order chi connectivity index (χ0) is 25.6. The van der Waals surface area contributed by atoms with Gasteiger partial charge < -0.3 is 15.4 Å². The van der Waals surface area contributed by atoms with E-state index in [1.165, 1.54) is 30.5 Å². The van der Waals surface area contributed by atoms with E-state index in [4.69, 9.17) is 9.72 Å². The third-order valence-corrected chi connectivity index (χ3v) is 7.93. The minimum absolute atomic E-state index is 0.124. The Kier molecular flexibility index (Phi) is 5.82. The molecular formula is C29H29FN6O2. The Bertz CT molecular complexity index is 1540. The van der Waals surface area contributed by atoms with E-state index in [-0.39, 0.29) is 11.7 Å². The fourth-order valence-electron chi connectivity index (χ4n) is 6.00. The third kappa shape index (κ3) is 4.12. The van der Waals surface area contributed by atoms with Crippen molar-refractivity contribution in [3.8, 4) is 11.3 Å². The van der Waals surface area contributed by atoms with Gasteiger partial charge in [-0.15, -0.1) is 0 Å². The summed E-state index contributed by atoms with van der Waals surface area (Å²) in [6.07, 6.45) is 6.87. The molecule has 0 bridgehead atoms. The summed E-state index contributed by atoms with van der Waals surface area (Å²) in [5, 5.41) is 6.41. The molecule has 1 amide bonds. The number of hydrogen-bond acceptors (Lipinski definition) is 6. The summed E-state index contributed by atoms with van der Waals surface area (Å²) < 4.78 is 21.2. The van der Waals surface area contributed by atoms with Crippen molar-refractivity contribution in [2.24, 2.45) is 0 Å². The summed E-state index contributed by atoms with van der Waals surface area (Å²) in [7, 11) is 0. The molecule has 2 fully saturated rings. The molecule has 4 aromatic rings. The molecule has 3 aliphatic rings. The van der Waals surface area contributed by atoms with Crippen molar-refractivity contribution >= 4 is 23.1 Å². The molecule has 1 atom stereocenters. The molecule has 3 aromatic heterocycles. The molecule has 8 nitrogen and oxygen atoms in total. The summed E-state index contributed by atoms with van der Waals surface area (Å²) in [5.41, 5.74) is 6.80. The van der Waals surface area contributed by atoms with Crippen LogP contribution in [0.3, 0.4) is 0 Å². The monoisotopic (exact) mass is 512 g/mol. The van der Waals surface area contributed by atoms with Gasteiger partial charge in [-0.25, -0.2) is 14.4 Å². The normalized spacial score (nSPS) is 19.3. The number of halogens is 1. The first-order chi connectivity index (χ1) is 18.6. The standard InChI is InChI=1S/C29H29FN6O2/c30-19-7-11-36-25(15-31-27(36)13-19)21-3-5-23(28-22(21)14-32-29(28)37)33-26-6-4-20(18-8-12-38-17-18)24(34-26)16-35-9-1-2-10-35/h3-7,11,13,15,18H,1-2,8-10,12,14,16-17H2,(H,32,37)(H,33,34)/t18-/m1/s1. The summed E-state index contributed by atoms with van der Waals surface area (Å²) in [4.78, 5) is 24.9. The van der Waals surface area contributed by atoms with E-state index in [1.54, 1.807) is 12.4 Å². The van der Waals surface area contributed by atoms with Gasteiger partial charge in [0, 0.05) is 43.4 Å². The van der Waals surface area contributed by atoms with Crippen molar-refractivity contribution in [1.29, 1.82) is 0 Å². The summed E-state index contributed by atoms with van der Waals surface area (Å²) in [6.45, 7) is 4.99. The molecule has 7 rings (SSSR count). The van der Waals surface area contributed by atoms with Crippen LogP contribution in [0.2, 0.25) is 0 Å². The van der Waals surface area contributed by atoms with Gasteiger partial charge >= 0.3 is 0 Å². The Morgan fingerprint density at radius 3 is 2.89 bits per heavy atom. The molecule has 1 aromatic carbocycles. The fourth-order valence-corrected chi connectivity index (χ4v) is 6.00. The Labute approximate surface area is 219 Å². The van der Waals surface area contributed by atoms with Gasteiger partial charge in [-0.3, -0.25) is 14.1 Å². The van der Waals surface area contributed by atoms with Crippen molar-refractivity contribution in [3.05, 3.63) is 77.0 Å². The van der Waals surface area contributed by atoms with Crippen LogP contribution in [0.15, 0.2) is 48.8 Å². The number of imidazole rings is 1. The Morgan fingerprint density at radius 2 is 2.05 bits per heavy atom. The maximum absolute atomic E-state index is 13.7. The molecule has 6 heterocycles. The zero-order valence-corrected chi connectivity index (χ0v) is 21.0. The number of likely N-dealkylation sites (tertiary alicyclic amines) is 1. The molecule has 38 heavy (non-hydrogen) atoms. The minimum Gasteiger partial charge on any atom is -0.381 e. The molecule has 2 saturated heterocycles. The first-order valence-electron chi connectivity index (χ1n) is 13.3. The lowest BCUT2D eigenvalue weighted by molar-refractivity contribution is 0.0966. The van der Waals surface area contributed by atoms with Crippen molar-refractivity contribution in [1.82, 2.24) is 24.6 Å². The largest absolute Gasteiger partial charge is 0.381 e. The number of nitrogens with one attached hydrogen (secondary N) is 2. The zero-order valence-electron chi connectivity index (χ0n) is 21.0. The summed E-state index contributed by atoms with van der Waals surface area (Å²) >= 11 is 0.